The van der Waals surface area contributed by atoms with E-state index in [1.165, 1.54) is 0 Å². The topological polar surface area (TPSA) is 58.6 Å². The fourth-order valence-electron chi connectivity index (χ4n) is 2.54. The van der Waals surface area contributed by atoms with Gasteiger partial charge in [-0.1, -0.05) is 26.0 Å². The van der Waals surface area contributed by atoms with Gasteiger partial charge in [-0.25, -0.2) is 0 Å². The van der Waals surface area contributed by atoms with Gasteiger partial charge in [0.25, 0.3) is 0 Å². The summed E-state index contributed by atoms with van der Waals surface area (Å²) in [5, 5.41) is 2.98. The molecule has 134 valence electrons. The van der Waals surface area contributed by atoms with Gasteiger partial charge in [-0.2, -0.15) is 0 Å². The highest BCUT2D eigenvalue weighted by molar-refractivity contribution is 5.88. The number of ether oxygens (including phenoxy) is 1. The molecule has 0 aliphatic heterocycles. The maximum atomic E-state index is 12.6. The second-order valence-electron chi connectivity index (χ2n) is 6.89. The van der Waals surface area contributed by atoms with Crippen LogP contribution in [0.4, 0.5) is 0 Å². The fourth-order valence-corrected chi connectivity index (χ4v) is 2.54. The highest BCUT2D eigenvalue weighted by Crippen LogP contribution is 2.18. The van der Waals surface area contributed by atoms with E-state index in [0.717, 1.165) is 11.3 Å². The number of hydrogen-bond donors (Lipinski definition) is 1. The highest BCUT2D eigenvalue weighted by Gasteiger charge is 2.29. The van der Waals surface area contributed by atoms with E-state index in [1.54, 1.807) is 12.0 Å². The molecule has 0 unspecified atom stereocenters. The number of amides is 2. The zero-order chi connectivity index (χ0) is 18.3. The van der Waals surface area contributed by atoms with Crippen molar-refractivity contribution in [2.75, 3.05) is 7.11 Å². The van der Waals surface area contributed by atoms with E-state index in [9.17, 15) is 9.59 Å². The van der Waals surface area contributed by atoms with Crippen LogP contribution in [-0.2, 0) is 16.1 Å². The van der Waals surface area contributed by atoms with Crippen molar-refractivity contribution in [3.8, 4) is 5.75 Å². The Hall–Kier alpha value is -2.04. The molecule has 0 aliphatic carbocycles. The summed E-state index contributed by atoms with van der Waals surface area (Å²) in [5.74, 6) is 0.590. The standard InChI is InChI=1S/C19H30N2O3/c1-7-16(18(23)20-19(3,4)5)21(17(22)8-2)13-14-10-9-11-15(12-14)24-6/h9-12,16H,7-8,13H2,1-6H3,(H,20,23)/t16-/m1/s1. The van der Waals surface area contributed by atoms with Gasteiger partial charge in [-0.15, -0.1) is 0 Å². The first-order valence-corrected chi connectivity index (χ1v) is 8.46. The summed E-state index contributed by atoms with van der Waals surface area (Å²) in [6, 6.07) is 7.10. The van der Waals surface area contributed by atoms with Crippen molar-refractivity contribution in [3.05, 3.63) is 29.8 Å². The van der Waals surface area contributed by atoms with E-state index in [2.05, 4.69) is 5.32 Å². The van der Waals surface area contributed by atoms with E-state index in [-0.39, 0.29) is 17.4 Å². The van der Waals surface area contributed by atoms with Gasteiger partial charge in [0.2, 0.25) is 11.8 Å². The van der Waals surface area contributed by atoms with Crippen LogP contribution in [0.25, 0.3) is 0 Å². The summed E-state index contributed by atoms with van der Waals surface area (Å²) in [7, 11) is 1.61. The van der Waals surface area contributed by atoms with Gasteiger partial charge in [0.1, 0.15) is 11.8 Å². The van der Waals surface area contributed by atoms with Crippen molar-refractivity contribution in [1.82, 2.24) is 10.2 Å². The number of hydrogen-bond acceptors (Lipinski definition) is 3. The lowest BCUT2D eigenvalue weighted by molar-refractivity contribution is -0.141. The molecule has 0 fully saturated rings. The molecule has 1 atom stereocenters. The molecule has 1 N–H and O–H groups in total. The molecule has 0 heterocycles. The van der Waals surface area contributed by atoms with Gasteiger partial charge in [0, 0.05) is 18.5 Å². The second kappa shape index (κ2) is 8.71. The number of benzene rings is 1. The third kappa shape index (κ3) is 5.87. The molecule has 0 bridgehead atoms. The number of rotatable bonds is 7. The normalized spacial score (nSPS) is 12.4. The van der Waals surface area contributed by atoms with Crippen molar-refractivity contribution in [1.29, 1.82) is 0 Å². The molecule has 0 aromatic heterocycles. The third-order valence-electron chi connectivity index (χ3n) is 3.67. The molecule has 2 amide bonds. The van der Waals surface area contributed by atoms with Gasteiger partial charge in [0.15, 0.2) is 0 Å². The average molecular weight is 334 g/mol. The predicted molar refractivity (Wildman–Crippen MR) is 95.8 cm³/mol. The van der Waals surface area contributed by atoms with Crippen LogP contribution in [0, 0.1) is 0 Å². The van der Waals surface area contributed by atoms with Crippen molar-refractivity contribution in [2.24, 2.45) is 0 Å². The summed E-state index contributed by atoms with van der Waals surface area (Å²) >= 11 is 0. The quantitative estimate of drug-likeness (QED) is 0.833. The zero-order valence-electron chi connectivity index (χ0n) is 15.7. The van der Waals surface area contributed by atoms with Gasteiger partial charge in [-0.3, -0.25) is 9.59 Å². The fraction of sp³-hybridized carbons (Fsp3) is 0.579. The van der Waals surface area contributed by atoms with Crippen LogP contribution in [0.2, 0.25) is 0 Å². The Morgan fingerprint density at radius 2 is 1.92 bits per heavy atom. The smallest absolute Gasteiger partial charge is 0.243 e. The lowest BCUT2D eigenvalue weighted by Gasteiger charge is -2.33. The minimum absolute atomic E-state index is 0.0336. The molecule has 0 radical (unpaired) electrons. The Labute approximate surface area is 145 Å². The molecule has 5 heteroatoms. The number of carbonyl (C=O) groups is 2. The van der Waals surface area contributed by atoms with Crippen LogP contribution in [0.15, 0.2) is 24.3 Å². The number of nitrogens with zero attached hydrogens (tertiary/aromatic N) is 1. The third-order valence-corrected chi connectivity index (χ3v) is 3.67. The minimum Gasteiger partial charge on any atom is -0.497 e. The largest absolute Gasteiger partial charge is 0.497 e. The monoisotopic (exact) mass is 334 g/mol. The Morgan fingerprint density at radius 3 is 2.42 bits per heavy atom. The summed E-state index contributed by atoms with van der Waals surface area (Å²) in [6.07, 6.45) is 0.931. The molecule has 1 aromatic rings. The lowest BCUT2D eigenvalue weighted by Crippen LogP contribution is -2.53. The van der Waals surface area contributed by atoms with Gasteiger partial charge in [0.05, 0.1) is 7.11 Å². The molecule has 1 rings (SSSR count). The lowest BCUT2D eigenvalue weighted by atomic mass is 10.1. The van der Waals surface area contributed by atoms with Crippen LogP contribution in [0.5, 0.6) is 5.75 Å². The van der Waals surface area contributed by atoms with Crippen molar-refractivity contribution in [2.45, 2.75) is 65.6 Å². The first-order chi connectivity index (χ1) is 11.2. The van der Waals surface area contributed by atoms with Crippen LogP contribution in [-0.4, -0.2) is 35.4 Å². The molecule has 0 spiro atoms. The Bertz CT molecular complexity index is 564. The Balaban J connectivity index is 3.05. The average Bonchev–Trinajstić information content (AvgIpc) is 2.52. The van der Waals surface area contributed by atoms with Gasteiger partial charge in [-0.05, 0) is 44.9 Å². The number of carbonyl (C=O) groups excluding carboxylic acids is 2. The molecule has 0 saturated carbocycles. The van der Waals surface area contributed by atoms with Crippen LogP contribution in [0.1, 0.15) is 53.0 Å². The zero-order valence-corrected chi connectivity index (χ0v) is 15.7. The second-order valence-corrected chi connectivity index (χ2v) is 6.89. The first kappa shape index (κ1) is 20.0. The predicted octanol–water partition coefficient (Wildman–Crippen LogP) is 3.13. The van der Waals surface area contributed by atoms with Crippen LogP contribution in [0.3, 0.4) is 0 Å². The summed E-state index contributed by atoms with van der Waals surface area (Å²) in [4.78, 5) is 26.8. The van der Waals surface area contributed by atoms with Crippen LogP contribution < -0.4 is 10.1 Å². The maximum Gasteiger partial charge on any atom is 0.243 e. The van der Waals surface area contributed by atoms with Gasteiger partial charge < -0.3 is 15.0 Å². The Kier molecular flexibility index (Phi) is 7.26. The molecule has 1 aromatic carbocycles. The molecular formula is C19H30N2O3. The highest BCUT2D eigenvalue weighted by atomic mass is 16.5. The molecule has 24 heavy (non-hydrogen) atoms. The summed E-state index contributed by atoms with van der Waals surface area (Å²) in [5.41, 5.74) is 0.611. The van der Waals surface area contributed by atoms with E-state index in [4.69, 9.17) is 4.74 Å². The molecular weight excluding hydrogens is 304 g/mol. The summed E-state index contributed by atoms with van der Waals surface area (Å²) in [6.45, 7) is 9.94. The van der Waals surface area contributed by atoms with Crippen LogP contribution >= 0.6 is 0 Å². The van der Waals surface area contributed by atoms with Crippen molar-refractivity contribution in [3.63, 3.8) is 0 Å². The van der Waals surface area contributed by atoms with E-state index >= 15 is 0 Å². The minimum atomic E-state index is -0.483. The van der Waals surface area contributed by atoms with E-state index in [0.29, 0.717) is 19.4 Å². The van der Waals surface area contributed by atoms with Crippen molar-refractivity contribution < 1.29 is 14.3 Å². The molecule has 0 aliphatic rings. The van der Waals surface area contributed by atoms with E-state index < -0.39 is 6.04 Å². The number of nitrogens with one attached hydrogen (secondary N) is 1. The molecule has 5 nitrogen and oxygen atoms in total. The first-order valence-electron chi connectivity index (χ1n) is 8.46. The summed E-state index contributed by atoms with van der Waals surface area (Å²) < 4.78 is 5.24. The molecule has 0 saturated heterocycles. The SMILES string of the molecule is CCC(=O)N(Cc1cccc(OC)c1)[C@H](CC)C(=O)NC(C)(C)C. The van der Waals surface area contributed by atoms with Crippen molar-refractivity contribution >= 4 is 11.8 Å². The van der Waals surface area contributed by atoms with Gasteiger partial charge >= 0.3 is 0 Å². The Morgan fingerprint density at radius 1 is 1.25 bits per heavy atom. The van der Waals surface area contributed by atoms with E-state index in [1.807, 2.05) is 58.9 Å². The maximum absolute atomic E-state index is 12.6. The number of methoxy groups -OCH3 is 1.